The number of rotatable bonds is 5. The molecule has 5 nitrogen and oxygen atoms in total. The minimum absolute atomic E-state index is 0. The zero-order valence-electron chi connectivity index (χ0n) is 10.7. The van der Waals surface area contributed by atoms with Crippen molar-refractivity contribution in [1.29, 1.82) is 0 Å². The summed E-state index contributed by atoms with van der Waals surface area (Å²) in [5.41, 5.74) is 6.83. The molecule has 6 heteroatoms. The highest BCUT2D eigenvalue weighted by Gasteiger charge is 2.06. The second-order valence-corrected chi connectivity index (χ2v) is 3.86. The van der Waals surface area contributed by atoms with Gasteiger partial charge in [-0.15, -0.1) is 12.4 Å². The third-order valence-corrected chi connectivity index (χ3v) is 2.06. The summed E-state index contributed by atoms with van der Waals surface area (Å²) >= 11 is 0. The fourth-order valence-electron chi connectivity index (χ4n) is 1.25. The van der Waals surface area contributed by atoms with Crippen LogP contribution in [0.4, 0.5) is 11.4 Å². The first-order chi connectivity index (χ1) is 8.02. The van der Waals surface area contributed by atoms with Gasteiger partial charge in [0.25, 0.3) is 0 Å². The molecule has 102 valence electrons. The molecule has 0 aliphatic carbocycles. The molecule has 0 spiro atoms. The topological polar surface area (TPSA) is 73.6 Å². The van der Waals surface area contributed by atoms with Crippen molar-refractivity contribution in [2.75, 3.05) is 24.8 Å². The highest BCUT2D eigenvalue weighted by molar-refractivity contribution is 5.92. The quantitative estimate of drug-likeness (QED) is 0.806. The maximum atomic E-state index is 11.5. The van der Waals surface area contributed by atoms with E-state index in [1.165, 1.54) is 0 Å². The SMILES string of the molecule is COc1ccc(NC(=O)COC(C)C)cc1N.Cl. The van der Waals surface area contributed by atoms with Crippen LogP contribution in [0.15, 0.2) is 18.2 Å². The molecule has 0 saturated carbocycles. The number of methoxy groups -OCH3 is 1. The molecule has 0 fully saturated rings. The second kappa shape index (κ2) is 7.79. The molecular formula is C12H19ClN2O3. The highest BCUT2D eigenvalue weighted by Crippen LogP contribution is 2.24. The molecule has 0 aliphatic heterocycles. The summed E-state index contributed by atoms with van der Waals surface area (Å²) in [4.78, 5) is 11.5. The van der Waals surface area contributed by atoms with Crippen LogP contribution in [0.2, 0.25) is 0 Å². The third-order valence-electron chi connectivity index (χ3n) is 2.06. The first-order valence-electron chi connectivity index (χ1n) is 5.38. The van der Waals surface area contributed by atoms with Crippen molar-refractivity contribution in [1.82, 2.24) is 0 Å². The molecule has 0 radical (unpaired) electrons. The average molecular weight is 275 g/mol. The smallest absolute Gasteiger partial charge is 0.250 e. The maximum absolute atomic E-state index is 11.5. The zero-order valence-corrected chi connectivity index (χ0v) is 11.5. The molecule has 1 aromatic rings. The van der Waals surface area contributed by atoms with Crippen molar-refractivity contribution in [2.45, 2.75) is 20.0 Å². The predicted molar refractivity (Wildman–Crippen MR) is 74.4 cm³/mol. The first kappa shape index (κ1) is 16.5. The van der Waals surface area contributed by atoms with E-state index in [1.54, 1.807) is 25.3 Å². The lowest BCUT2D eigenvalue weighted by Gasteiger charge is -2.10. The number of hydrogen-bond donors (Lipinski definition) is 2. The van der Waals surface area contributed by atoms with Crippen LogP contribution in [0.3, 0.4) is 0 Å². The molecule has 1 rings (SSSR count). The van der Waals surface area contributed by atoms with Crippen molar-refractivity contribution in [3.8, 4) is 5.75 Å². The van der Waals surface area contributed by atoms with Crippen molar-refractivity contribution in [2.24, 2.45) is 0 Å². The maximum Gasteiger partial charge on any atom is 0.250 e. The van der Waals surface area contributed by atoms with E-state index in [-0.39, 0.29) is 31.0 Å². The average Bonchev–Trinajstić information content (AvgIpc) is 2.26. The Morgan fingerprint density at radius 3 is 2.61 bits per heavy atom. The fourth-order valence-corrected chi connectivity index (χ4v) is 1.25. The number of benzene rings is 1. The summed E-state index contributed by atoms with van der Waals surface area (Å²) in [6, 6.07) is 5.07. The molecule has 0 heterocycles. The van der Waals surface area contributed by atoms with Gasteiger partial charge in [-0.05, 0) is 32.0 Å². The van der Waals surface area contributed by atoms with E-state index < -0.39 is 0 Å². The minimum Gasteiger partial charge on any atom is -0.495 e. The molecule has 0 aliphatic rings. The number of hydrogen-bond acceptors (Lipinski definition) is 4. The first-order valence-corrected chi connectivity index (χ1v) is 5.38. The Bertz CT molecular complexity index is 397. The summed E-state index contributed by atoms with van der Waals surface area (Å²) in [5, 5.41) is 2.69. The third kappa shape index (κ3) is 5.25. The number of halogens is 1. The minimum atomic E-state index is -0.205. The summed E-state index contributed by atoms with van der Waals surface area (Å²) in [7, 11) is 1.54. The Morgan fingerprint density at radius 1 is 1.44 bits per heavy atom. The van der Waals surface area contributed by atoms with Crippen molar-refractivity contribution in [3.05, 3.63) is 18.2 Å². The van der Waals surface area contributed by atoms with Crippen LogP contribution in [0.25, 0.3) is 0 Å². The van der Waals surface area contributed by atoms with Crippen LogP contribution in [-0.2, 0) is 9.53 Å². The Morgan fingerprint density at radius 2 is 2.11 bits per heavy atom. The number of nitrogens with one attached hydrogen (secondary N) is 1. The summed E-state index contributed by atoms with van der Waals surface area (Å²) in [6.45, 7) is 3.78. The van der Waals surface area contributed by atoms with Crippen molar-refractivity contribution in [3.63, 3.8) is 0 Å². The molecule has 1 aromatic carbocycles. The molecule has 0 aromatic heterocycles. The van der Waals surface area contributed by atoms with Gasteiger partial charge >= 0.3 is 0 Å². The van der Waals surface area contributed by atoms with Crippen molar-refractivity contribution >= 4 is 29.7 Å². The fraction of sp³-hybridized carbons (Fsp3) is 0.417. The Balaban J connectivity index is 0.00000289. The molecule has 18 heavy (non-hydrogen) atoms. The van der Waals surface area contributed by atoms with Crippen LogP contribution in [0.1, 0.15) is 13.8 Å². The van der Waals surface area contributed by atoms with Gasteiger partial charge in [0.2, 0.25) is 5.91 Å². The van der Waals surface area contributed by atoms with Gasteiger partial charge in [-0.2, -0.15) is 0 Å². The van der Waals surface area contributed by atoms with E-state index in [0.29, 0.717) is 17.1 Å². The van der Waals surface area contributed by atoms with Crippen LogP contribution >= 0.6 is 12.4 Å². The van der Waals surface area contributed by atoms with E-state index in [9.17, 15) is 4.79 Å². The molecule has 0 atom stereocenters. The summed E-state index contributed by atoms with van der Waals surface area (Å²) in [6.07, 6.45) is 0.0293. The lowest BCUT2D eigenvalue weighted by Crippen LogP contribution is -2.20. The number of carbonyl (C=O) groups is 1. The van der Waals surface area contributed by atoms with Crippen LogP contribution in [0, 0.1) is 0 Å². The van der Waals surface area contributed by atoms with Crippen LogP contribution < -0.4 is 15.8 Å². The number of carbonyl (C=O) groups excluding carboxylic acids is 1. The number of anilines is 2. The molecule has 0 bridgehead atoms. The Hall–Kier alpha value is -1.46. The number of nitrogens with two attached hydrogens (primary N) is 1. The second-order valence-electron chi connectivity index (χ2n) is 3.86. The number of amides is 1. The standard InChI is InChI=1S/C12H18N2O3.ClH/c1-8(2)17-7-12(15)14-9-4-5-11(16-3)10(13)6-9;/h4-6,8H,7,13H2,1-3H3,(H,14,15);1H. The summed E-state index contributed by atoms with van der Waals surface area (Å²) in [5.74, 6) is 0.379. The van der Waals surface area contributed by atoms with E-state index in [4.69, 9.17) is 15.2 Å². The normalized spacial score (nSPS) is 9.78. The van der Waals surface area contributed by atoms with Gasteiger partial charge in [0, 0.05) is 5.69 Å². The Labute approximate surface area is 113 Å². The van der Waals surface area contributed by atoms with Crippen LogP contribution in [0.5, 0.6) is 5.75 Å². The van der Waals surface area contributed by atoms with Gasteiger partial charge in [-0.25, -0.2) is 0 Å². The van der Waals surface area contributed by atoms with Gasteiger partial charge in [-0.1, -0.05) is 0 Å². The van der Waals surface area contributed by atoms with E-state index in [2.05, 4.69) is 5.32 Å². The monoisotopic (exact) mass is 274 g/mol. The van der Waals surface area contributed by atoms with Gasteiger partial charge in [0.1, 0.15) is 12.4 Å². The largest absolute Gasteiger partial charge is 0.495 e. The van der Waals surface area contributed by atoms with E-state index in [0.717, 1.165) is 0 Å². The molecule has 3 N–H and O–H groups in total. The van der Waals surface area contributed by atoms with Crippen molar-refractivity contribution < 1.29 is 14.3 Å². The van der Waals surface area contributed by atoms with Gasteiger partial charge in [0.15, 0.2) is 0 Å². The van der Waals surface area contributed by atoms with Crippen LogP contribution in [-0.4, -0.2) is 25.7 Å². The molecule has 1 amide bonds. The van der Waals surface area contributed by atoms with E-state index >= 15 is 0 Å². The summed E-state index contributed by atoms with van der Waals surface area (Å²) < 4.78 is 10.2. The lowest BCUT2D eigenvalue weighted by molar-refractivity contribution is -0.121. The van der Waals surface area contributed by atoms with Gasteiger partial charge in [0.05, 0.1) is 18.9 Å². The molecule has 0 unspecified atom stereocenters. The molecular weight excluding hydrogens is 256 g/mol. The zero-order chi connectivity index (χ0) is 12.8. The predicted octanol–water partition coefficient (Wildman–Crippen LogP) is 2.06. The Kier molecular flexibility index (Phi) is 7.16. The number of nitrogen functional groups attached to an aromatic ring is 1. The van der Waals surface area contributed by atoms with Gasteiger partial charge < -0.3 is 20.5 Å². The highest BCUT2D eigenvalue weighted by atomic mass is 35.5. The molecule has 0 saturated heterocycles. The van der Waals surface area contributed by atoms with Gasteiger partial charge in [-0.3, -0.25) is 4.79 Å². The number of ether oxygens (including phenoxy) is 2. The van der Waals surface area contributed by atoms with E-state index in [1.807, 2.05) is 13.8 Å². The lowest BCUT2D eigenvalue weighted by atomic mass is 10.2.